The number of fused-ring (bicyclic) bond motifs is 1. The van der Waals surface area contributed by atoms with Gasteiger partial charge in [-0.15, -0.1) is 0 Å². The molecule has 3 nitrogen and oxygen atoms in total. The highest BCUT2D eigenvalue weighted by atomic mass is 79.9. The fraction of sp³-hybridized carbons (Fsp3) is 0.364. The van der Waals surface area contributed by atoms with Crippen LogP contribution in [-0.2, 0) is 6.61 Å². The Kier molecular flexibility index (Phi) is 2.99. The summed E-state index contributed by atoms with van der Waals surface area (Å²) >= 11 is 3.27. The third-order valence-electron chi connectivity index (χ3n) is 2.47. The predicted molar refractivity (Wildman–Crippen MR) is 62.9 cm³/mol. The molecule has 0 saturated carbocycles. The van der Waals surface area contributed by atoms with Crippen LogP contribution in [0.5, 0.6) is 0 Å². The van der Waals surface area contributed by atoms with Crippen molar-refractivity contribution >= 4 is 21.6 Å². The lowest BCUT2D eigenvalue weighted by atomic mass is 10.1. The second-order valence-corrected chi connectivity index (χ2v) is 4.81. The Morgan fingerprint density at radius 3 is 2.81 bits per heavy atom. The Labute approximate surface area is 101 Å². The molecule has 0 radical (unpaired) electrons. The maximum Gasteiger partial charge on any atom is 0.151 e. The summed E-state index contributed by atoms with van der Waals surface area (Å²) in [5.41, 5.74) is 2.08. The monoisotopic (exact) mass is 286 g/mol. The Morgan fingerprint density at radius 1 is 1.56 bits per heavy atom. The number of aliphatic hydroxyl groups is 1. The standard InChI is InChI=1S/C11H12BrFN2O/c1-6(2)10-9(5-16)15-4-7(13)3-8(12)11(15)14-10/h3-4,6,16H,5H2,1-2H3. The summed E-state index contributed by atoms with van der Waals surface area (Å²) in [6, 6.07) is 1.37. The SMILES string of the molecule is CC(C)c1nc2c(Br)cc(F)cn2c1CO. The zero-order valence-electron chi connectivity index (χ0n) is 9.04. The minimum atomic E-state index is -0.359. The number of imidazole rings is 1. The van der Waals surface area contributed by atoms with Gasteiger partial charge in [0.05, 0.1) is 22.5 Å². The number of rotatable bonds is 2. The van der Waals surface area contributed by atoms with Gasteiger partial charge in [0.15, 0.2) is 5.65 Å². The van der Waals surface area contributed by atoms with Crippen LogP contribution in [0.25, 0.3) is 5.65 Å². The van der Waals surface area contributed by atoms with E-state index in [0.29, 0.717) is 15.8 Å². The van der Waals surface area contributed by atoms with Gasteiger partial charge in [0.2, 0.25) is 0 Å². The van der Waals surface area contributed by atoms with Gasteiger partial charge in [0, 0.05) is 6.20 Å². The van der Waals surface area contributed by atoms with Crippen molar-refractivity contribution in [2.45, 2.75) is 26.4 Å². The zero-order chi connectivity index (χ0) is 11.9. The highest BCUT2D eigenvalue weighted by Gasteiger charge is 2.16. The molecule has 2 aromatic heterocycles. The van der Waals surface area contributed by atoms with Crippen LogP contribution >= 0.6 is 15.9 Å². The van der Waals surface area contributed by atoms with Gasteiger partial charge >= 0.3 is 0 Å². The molecule has 5 heteroatoms. The molecule has 0 spiro atoms. The van der Waals surface area contributed by atoms with Crippen LogP contribution in [0.15, 0.2) is 16.7 Å². The molecule has 2 aromatic rings. The van der Waals surface area contributed by atoms with Crippen molar-refractivity contribution in [3.05, 3.63) is 33.9 Å². The molecule has 0 aliphatic heterocycles. The Balaban J connectivity index is 2.82. The lowest BCUT2D eigenvalue weighted by Gasteiger charge is -2.04. The van der Waals surface area contributed by atoms with Gasteiger partial charge in [-0.05, 0) is 27.9 Å². The van der Waals surface area contributed by atoms with Gasteiger partial charge in [-0.25, -0.2) is 9.37 Å². The number of hydrogen-bond acceptors (Lipinski definition) is 2. The van der Waals surface area contributed by atoms with Gasteiger partial charge in [-0.1, -0.05) is 13.8 Å². The molecule has 0 aliphatic rings. The summed E-state index contributed by atoms with van der Waals surface area (Å²) in [5, 5.41) is 9.34. The molecular formula is C11H12BrFN2O. The van der Waals surface area contributed by atoms with Crippen molar-refractivity contribution < 1.29 is 9.50 Å². The normalized spacial score (nSPS) is 11.6. The topological polar surface area (TPSA) is 37.5 Å². The fourth-order valence-corrected chi connectivity index (χ4v) is 2.26. The Bertz CT molecular complexity index is 536. The van der Waals surface area contributed by atoms with E-state index in [1.165, 1.54) is 12.3 Å². The molecule has 0 amide bonds. The van der Waals surface area contributed by atoms with Crippen molar-refractivity contribution in [2.24, 2.45) is 0 Å². The number of halogens is 2. The van der Waals surface area contributed by atoms with E-state index in [2.05, 4.69) is 20.9 Å². The van der Waals surface area contributed by atoms with Crippen molar-refractivity contribution in [1.82, 2.24) is 9.38 Å². The molecule has 2 rings (SSSR count). The van der Waals surface area contributed by atoms with Crippen molar-refractivity contribution in [1.29, 1.82) is 0 Å². The number of aliphatic hydroxyl groups excluding tert-OH is 1. The average molecular weight is 287 g/mol. The van der Waals surface area contributed by atoms with Gasteiger partial charge in [-0.2, -0.15) is 0 Å². The molecule has 2 heterocycles. The molecule has 0 aliphatic carbocycles. The Hall–Kier alpha value is -0.940. The number of nitrogens with zero attached hydrogens (tertiary/aromatic N) is 2. The maximum atomic E-state index is 13.3. The Morgan fingerprint density at radius 2 is 2.25 bits per heavy atom. The molecule has 86 valence electrons. The van der Waals surface area contributed by atoms with Crippen LogP contribution in [0.1, 0.15) is 31.2 Å². The van der Waals surface area contributed by atoms with E-state index in [0.717, 1.165) is 5.69 Å². The minimum absolute atomic E-state index is 0.148. The molecule has 16 heavy (non-hydrogen) atoms. The first-order valence-electron chi connectivity index (χ1n) is 5.01. The van der Waals surface area contributed by atoms with Crippen molar-refractivity contribution in [3.63, 3.8) is 0 Å². The average Bonchev–Trinajstić information content (AvgIpc) is 2.56. The minimum Gasteiger partial charge on any atom is -0.390 e. The summed E-state index contributed by atoms with van der Waals surface area (Å²) < 4.78 is 15.4. The predicted octanol–water partition coefficient (Wildman–Crippen LogP) is 2.85. The first kappa shape index (κ1) is 11.5. The first-order chi connectivity index (χ1) is 7.54. The quantitative estimate of drug-likeness (QED) is 0.922. The molecular weight excluding hydrogens is 275 g/mol. The van der Waals surface area contributed by atoms with Gasteiger partial charge in [0.1, 0.15) is 5.82 Å². The largest absolute Gasteiger partial charge is 0.390 e. The van der Waals surface area contributed by atoms with Crippen LogP contribution in [0, 0.1) is 5.82 Å². The number of hydrogen-bond donors (Lipinski definition) is 1. The third kappa shape index (κ3) is 1.74. The van der Waals surface area contributed by atoms with Gasteiger partial charge in [-0.3, -0.25) is 4.40 Å². The van der Waals surface area contributed by atoms with Crippen molar-refractivity contribution in [3.8, 4) is 0 Å². The van der Waals surface area contributed by atoms with E-state index in [9.17, 15) is 9.50 Å². The van der Waals surface area contributed by atoms with E-state index >= 15 is 0 Å². The lowest BCUT2D eigenvalue weighted by molar-refractivity contribution is 0.273. The fourth-order valence-electron chi connectivity index (χ4n) is 1.76. The van der Waals surface area contributed by atoms with Crippen LogP contribution < -0.4 is 0 Å². The van der Waals surface area contributed by atoms with Crippen LogP contribution in [-0.4, -0.2) is 14.5 Å². The summed E-state index contributed by atoms with van der Waals surface area (Å²) in [5.74, 6) is -0.168. The first-order valence-corrected chi connectivity index (χ1v) is 5.80. The summed E-state index contributed by atoms with van der Waals surface area (Å²) in [7, 11) is 0. The summed E-state index contributed by atoms with van der Waals surface area (Å²) in [6.07, 6.45) is 1.34. The van der Waals surface area contributed by atoms with E-state index in [4.69, 9.17) is 0 Å². The highest BCUT2D eigenvalue weighted by Crippen LogP contribution is 2.26. The van der Waals surface area contributed by atoms with E-state index in [1.807, 2.05) is 13.8 Å². The van der Waals surface area contributed by atoms with E-state index in [-0.39, 0.29) is 18.3 Å². The molecule has 0 atom stereocenters. The number of pyridine rings is 1. The third-order valence-corrected chi connectivity index (χ3v) is 3.05. The van der Waals surface area contributed by atoms with Crippen LogP contribution in [0.2, 0.25) is 0 Å². The molecule has 0 bridgehead atoms. The highest BCUT2D eigenvalue weighted by molar-refractivity contribution is 9.10. The molecule has 1 N–H and O–H groups in total. The zero-order valence-corrected chi connectivity index (χ0v) is 10.6. The van der Waals surface area contributed by atoms with Gasteiger partial charge < -0.3 is 5.11 Å². The summed E-state index contributed by atoms with van der Waals surface area (Å²) in [6.45, 7) is 3.83. The molecule has 0 saturated heterocycles. The van der Waals surface area contributed by atoms with E-state index in [1.54, 1.807) is 4.40 Å². The van der Waals surface area contributed by atoms with E-state index < -0.39 is 0 Å². The lowest BCUT2D eigenvalue weighted by Crippen LogP contribution is -1.98. The van der Waals surface area contributed by atoms with Gasteiger partial charge in [0.25, 0.3) is 0 Å². The molecule has 0 unspecified atom stereocenters. The second-order valence-electron chi connectivity index (χ2n) is 3.96. The summed E-state index contributed by atoms with van der Waals surface area (Å²) in [4.78, 5) is 4.41. The van der Waals surface area contributed by atoms with Crippen LogP contribution in [0.4, 0.5) is 4.39 Å². The number of aromatic nitrogens is 2. The van der Waals surface area contributed by atoms with Crippen molar-refractivity contribution in [2.75, 3.05) is 0 Å². The van der Waals surface area contributed by atoms with Crippen LogP contribution in [0.3, 0.4) is 0 Å². The molecule has 0 aromatic carbocycles. The second kappa shape index (κ2) is 4.14. The smallest absolute Gasteiger partial charge is 0.151 e. The maximum absolute atomic E-state index is 13.3. The molecule has 0 fully saturated rings.